The molecule has 18 heavy (non-hydrogen) atoms. The van der Waals surface area contributed by atoms with Crippen LogP contribution in [0.25, 0.3) is 0 Å². The van der Waals surface area contributed by atoms with Gasteiger partial charge >= 0.3 is 6.09 Å². The molecule has 1 atom stereocenters. The third-order valence-electron chi connectivity index (χ3n) is 5.03. The Bertz CT molecular complexity index is 306. The summed E-state index contributed by atoms with van der Waals surface area (Å²) in [6.45, 7) is 1.69. The van der Waals surface area contributed by atoms with E-state index in [1.165, 1.54) is 19.3 Å². The molecule has 4 nitrogen and oxygen atoms in total. The van der Waals surface area contributed by atoms with Crippen molar-refractivity contribution in [3.63, 3.8) is 0 Å². The molecule has 2 saturated carbocycles. The number of alkyl carbamates (subject to hydrolysis) is 1. The van der Waals surface area contributed by atoms with Crippen molar-refractivity contribution in [3.05, 3.63) is 0 Å². The van der Waals surface area contributed by atoms with Crippen LogP contribution in [0.3, 0.4) is 0 Å². The smallest absolute Gasteiger partial charge is 0.407 e. The molecule has 1 unspecified atom stereocenters. The number of hydrogen-bond donors (Lipinski definition) is 1. The van der Waals surface area contributed by atoms with Crippen LogP contribution in [0.4, 0.5) is 4.79 Å². The van der Waals surface area contributed by atoms with Crippen LogP contribution in [0.5, 0.6) is 0 Å². The number of nitrogens with one attached hydrogen (secondary N) is 1. The van der Waals surface area contributed by atoms with Gasteiger partial charge in [0.15, 0.2) is 0 Å². The lowest BCUT2D eigenvalue weighted by Gasteiger charge is -2.51. The summed E-state index contributed by atoms with van der Waals surface area (Å²) in [4.78, 5) is 11.9. The van der Waals surface area contributed by atoms with Crippen molar-refractivity contribution in [2.75, 3.05) is 13.2 Å². The topological polar surface area (TPSA) is 47.6 Å². The molecule has 3 rings (SSSR count). The zero-order valence-electron chi connectivity index (χ0n) is 11.0. The number of ether oxygens (including phenoxy) is 2. The minimum absolute atomic E-state index is 0.163. The quantitative estimate of drug-likeness (QED) is 0.823. The second-order valence-corrected chi connectivity index (χ2v) is 6.02. The molecule has 1 aliphatic heterocycles. The van der Waals surface area contributed by atoms with Crippen molar-refractivity contribution in [2.45, 2.75) is 63.5 Å². The van der Waals surface area contributed by atoms with E-state index >= 15 is 0 Å². The SMILES string of the molecule is O=C(NC1CCC12CCOCC2)OC1CCCC1. The summed E-state index contributed by atoms with van der Waals surface area (Å²) >= 11 is 0. The van der Waals surface area contributed by atoms with Crippen molar-refractivity contribution in [2.24, 2.45) is 5.41 Å². The fraction of sp³-hybridized carbons (Fsp3) is 0.929. The molecular formula is C14H23NO3. The van der Waals surface area contributed by atoms with Gasteiger partial charge < -0.3 is 14.8 Å². The van der Waals surface area contributed by atoms with Gasteiger partial charge in [0, 0.05) is 19.3 Å². The van der Waals surface area contributed by atoms with Gasteiger partial charge in [-0.15, -0.1) is 0 Å². The summed E-state index contributed by atoms with van der Waals surface area (Å²) < 4.78 is 10.9. The number of rotatable bonds is 2. The van der Waals surface area contributed by atoms with Crippen LogP contribution in [-0.2, 0) is 9.47 Å². The highest BCUT2D eigenvalue weighted by Gasteiger charge is 2.48. The molecule has 0 aromatic heterocycles. The zero-order chi connectivity index (χ0) is 12.4. The van der Waals surface area contributed by atoms with E-state index in [1.807, 2.05) is 0 Å². The van der Waals surface area contributed by atoms with Gasteiger partial charge in [-0.05, 0) is 56.8 Å². The second kappa shape index (κ2) is 5.08. The van der Waals surface area contributed by atoms with Gasteiger partial charge in [0.1, 0.15) is 6.10 Å². The van der Waals surface area contributed by atoms with E-state index in [-0.39, 0.29) is 12.2 Å². The lowest BCUT2D eigenvalue weighted by atomic mass is 9.60. The highest BCUT2D eigenvalue weighted by Crippen LogP contribution is 2.48. The Labute approximate surface area is 108 Å². The lowest BCUT2D eigenvalue weighted by molar-refractivity contribution is -0.0547. The lowest BCUT2D eigenvalue weighted by Crippen LogP contribution is -2.57. The van der Waals surface area contributed by atoms with Crippen molar-refractivity contribution in [1.82, 2.24) is 5.32 Å². The first-order valence-electron chi connectivity index (χ1n) is 7.33. The van der Waals surface area contributed by atoms with Gasteiger partial charge in [-0.25, -0.2) is 4.79 Å². The average molecular weight is 253 g/mol. The fourth-order valence-corrected chi connectivity index (χ4v) is 3.63. The molecule has 0 aromatic rings. The maximum Gasteiger partial charge on any atom is 0.407 e. The van der Waals surface area contributed by atoms with Crippen LogP contribution in [-0.4, -0.2) is 31.5 Å². The largest absolute Gasteiger partial charge is 0.446 e. The van der Waals surface area contributed by atoms with Crippen LogP contribution >= 0.6 is 0 Å². The molecular weight excluding hydrogens is 230 g/mol. The Balaban J connectivity index is 1.48. The van der Waals surface area contributed by atoms with Gasteiger partial charge in [0.2, 0.25) is 0 Å². The molecule has 1 spiro atoms. The number of carbonyl (C=O) groups is 1. The maximum atomic E-state index is 11.9. The molecule has 4 heteroatoms. The van der Waals surface area contributed by atoms with E-state index in [0.29, 0.717) is 11.5 Å². The van der Waals surface area contributed by atoms with Crippen LogP contribution in [0.1, 0.15) is 51.4 Å². The van der Waals surface area contributed by atoms with E-state index in [2.05, 4.69) is 5.32 Å². The summed E-state index contributed by atoms with van der Waals surface area (Å²) in [6, 6.07) is 0.315. The first-order chi connectivity index (χ1) is 8.78. The highest BCUT2D eigenvalue weighted by molar-refractivity contribution is 5.68. The second-order valence-electron chi connectivity index (χ2n) is 6.02. The molecule has 3 fully saturated rings. The fourth-order valence-electron chi connectivity index (χ4n) is 3.63. The van der Waals surface area contributed by atoms with Gasteiger partial charge in [-0.3, -0.25) is 0 Å². The standard InChI is InChI=1S/C14H23NO3/c16-13(18-11-3-1-2-4-11)15-12-5-6-14(12)7-9-17-10-8-14/h11-12H,1-10H2,(H,15,16). The van der Waals surface area contributed by atoms with Crippen molar-refractivity contribution in [1.29, 1.82) is 0 Å². The van der Waals surface area contributed by atoms with Crippen LogP contribution < -0.4 is 5.32 Å². The van der Waals surface area contributed by atoms with Crippen LogP contribution in [0, 0.1) is 5.41 Å². The van der Waals surface area contributed by atoms with Gasteiger partial charge in [-0.1, -0.05) is 0 Å². The van der Waals surface area contributed by atoms with Gasteiger partial charge in [0.05, 0.1) is 0 Å². The van der Waals surface area contributed by atoms with Crippen molar-refractivity contribution < 1.29 is 14.3 Å². The average Bonchev–Trinajstić information content (AvgIpc) is 2.88. The predicted molar refractivity (Wildman–Crippen MR) is 67.4 cm³/mol. The van der Waals surface area contributed by atoms with E-state index < -0.39 is 0 Å². The van der Waals surface area contributed by atoms with Crippen molar-refractivity contribution >= 4 is 6.09 Å². The van der Waals surface area contributed by atoms with Gasteiger partial charge in [-0.2, -0.15) is 0 Å². The van der Waals surface area contributed by atoms with Gasteiger partial charge in [0.25, 0.3) is 0 Å². The number of amides is 1. The third-order valence-corrected chi connectivity index (χ3v) is 5.03. The first-order valence-corrected chi connectivity index (χ1v) is 7.33. The minimum atomic E-state index is -0.197. The molecule has 0 bridgehead atoms. The molecule has 0 radical (unpaired) electrons. The summed E-state index contributed by atoms with van der Waals surface area (Å²) in [5, 5.41) is 3.09. The zero-order valence-corrected chi connectivity index (χ0v) is 11.0. The first kappa shape index (κ1) is 12.3. The van der Waals surface area contributed by atoms with E-state index in [4.69, 9.17) is 9.47 Å². The molecule has 1 saturated heterocycles. The summed E-state index contributed by atoms with van der Waals surface area (Å²) in [6.07, 6.45) is 8.93. The number of carbonyl (C=O) groups excluding carboxylic acids is 1. The Morgan fingerprint density at radius 3 is 2.44 bits per heavy atom. The highest BCUT2D eigenvalue weighted by atomic mass is 16.6. The Hall–Kier alpha value is -0.770. The Morgan fingerprint density at radius 2 is 1.83 bits per heavy atom. The predicted octanol–water partition coefficient (Wildman–Crippen LogP) is 2.61. The van der Waals surface area contributed by atoms with E-state index in [1.54, 1.807) is 0 Å². The summed E-state index contributed by atoms with van der Waals surface area (Å²) in [5.41, 5.74) is 0.312. The molecule has 102 valence electrons. The molecule has 3 aliphatic rings. The van der Waals surface area contributed by atoms with E-state index in [9.17, 15) is 4.79 Å². The monoisotopic (exact) mass is 253 g/mol. The van der Waals surface area contributed by atoms with Crippen LogP contribution in [0.2, 0.25) is 0 Å². The third kappa shape index (κ3) is 2.35. The molecule has 0 aromatic carbocycles. The van der Waals surface area contributed by atoms with Crippen molar-refractivity contribution in [3.8, 4) is 0 Å². The minimum Gasteiger partial charge on any atom is -0.446 e. The summed E-state index contributed by atoms with van der Waals surface area (Å²) in [5.74, 6) is 0. The Morgan fingerprint density at radius 1 is 1.11 bits per heavy atom. The molecule has 1 N–H and O–H groups in total. The normalized spacial score (nSPS) is 31.0. The molecule has 2 aliphatic carbocycles. The molecule has 1 amide bonds. The van der Waals surface area contributed by atoms with E-state index in [0.717, 1.165) is 45.3 Å². The molecule has 1 heterocycles. The van der Waals surface area contributed by atoms with Crippen LogP contribution in [0.15, 0.2) is 0 Å². The maximum absolute atomic E-state index is 11.9. The number of hydrogen-bond acceptors (Lipinski definition) is 3. The Kier molecular flexibility index (Phi) is 3.46. The summed E-state index contributed by atoms with van der Waals surface area (Å²) in [7, 11) is 0.